The number of nitrogens with one attached hydrogen (secondary N) is 1. The van der Waals surface area contributed by atoms with E-state index >= 15 is 0 Å². The number of halogens is 1. The molecule has 1 N–H and O–H groups in total. The van der Waals surface area contributed by atoms with Gasteiger partial charge in [-0.05, 0) is 19.1 Å². The van der Waals surface area contributed by atoms with Gasteiger partial charge in [0.1, 0.15) is 10.7 Å². The Morgan fingerprint density at radius 1 is 1.12 bits per heavy atom. The van der Waals surface area contributed by atoms with Gasteiger partial charge in [0.15, 0.2) is 16.8 Å². The molecule has 2 heterocycles. The van der Waals surface area contributed by atoms with Crippen molar-refractivity contribution in [1.29, 1.82) is 0 Å². The van der Waals surface area contributed by atoms with Crippen molar-refractivity contribution in [1.82, 2.24) is 9.97 Å². The van der Waals surface area contributed by atoms with Crippen LogP contribution in [0.3, 0.4) is 0 Å². The van der Waals surface area contributed by atoms with Gasteiger partial charge in [-0.25, -0.2) is 19.2 Å². The highest BCUT2D eigenvalue weighted by atomic mass is 32.1. The Labute approximate surface area is 193 Å². The highest BCUT2D eigenvalue weighted by Crippen LogP contribution is 2.32. The summed E-state index contributed by atoms with van der Waals surface area (Å²) in [4.78, 5) is 33.7. The average molecular weight is 466 g/mol. The Balaban J connectivity index is 1.44. The van der Waals surface area contributed by atoms with E-state index in [0.29, 0.717) is 32.9 Å². The lowest BCUT2D eigenvalue weighted by Gasteiger charge is -2.01. The minimum atomic E-state index is -0.491. The first kappa shape index (κ1) is 22.3. The summed E-state index contributed by atoms with van der Waals surface area (Å²) in [5.41, 5.74) is 1.51. The number of amides is 1. The fraction of sp³-hybridized carbons (Fsp3) is 0.167. The Kier molecular flexibility index (Phi) is 6.89. The maximum Gasteiger partial charge on any atom is 0.350 e. The molecule has 0 aliphatic carbocycles. The summed E-state index contributed by atoms with van der Waals surface area (Å²) in [6.07, 6.45) is 1.73. The van der Waals surface area contributed by atoms with Crippen LogP contribution in [0.25, 0.3) is 22.6 Å². The topological polar surface area (TPSA) is 94.3 Å². The quantitative estimate of drug-likeness (QED) is 0.353. The maximum absolute atomic E-state index is 13.9. The van der Waals surface area contributed by atoms with Crippen molar-refractivity contribution in [2.24, 2.45) is 0 Å². The Morgan fingerprint density at radius 3 is 2.64 bits per heavy atom. The number of nitrogens with zero attached hydrogens (tertiary/aromatic N) is 2. The molecule has 7 nitrogen and oxygen atoms in total. The van der Waals surface area contributed by atoms with Gasteiger partial charge in [-0.3, -0.25) is 4.79 Å². The predicted octanol–water partition coefficient (Wildman–Crippen LogP) is 5.35. The Bertz CT molecular complexity index is 1270. The Morgan fingerprint density at radius 2 is 1.88 bits per heavy atom. The number of ether oxygens (including phenoxy) is 1. The van der Waals surface area contributed by atoms with E-state index < -0.39 is 11.8 Å². The molecule has 0 saturated carbocycles. The van der Waals surface area contributed by atoms with Crippen LogP contribution in [-0.4, -0.2) is 28.5 Å². The first-order chi connectivity index (χ1) is 16.0. The first-order valence-corrected chi connectivity index (χ1v) is 11.1. The van der Waals surface area contributed by atoms with E-state index in [0.717, 1.165) is 16.9 Å². The van der Waals surface area contributed by atoms with Crippen molar-refractivity contribution < 1.29 is 23.1 Å². The van der Waals surface area contributed by atoms with Crippen molar-refractivity contribution in [3.63, 3.8) is 0 Å². The lowest BCUT2D eigenvalue weighted by molar-refractivity contribution is -0.116. The minimum Gasteiger partial charge on any atom is -0.462 e. The number of carbonyl (C=O) groups is 2. The standard InChI is InChI=1S/C24H20FN3O4S/c1-2-31-23(30)22-21(15-8-4-3-5-9-15)28-24(33-22)27-19(29)12-13-20-26-14-18(32-20)16-10-6-7-11-17(16)25/h3-11,14H,2,12-13H2,1H3,(H,27,28,29). The number of esters is 1. The zero-order valence-corrected chi connectivity index (χ0v) is 18.5. The van der Waals surface area contributed by atoms with Crippen molar-refractivity contribution in [3.05, 3.63) is 77.4 Å². The molecule has 4 aromatic rings. The van der Waals surface area contributed by atoms with Crippen molar-refractivity contribution in [3.8, 4) is 22.6 Å². The molecule has 0 bridgehead atoms. The van der Waals surface area contributed by atoms with E-state index in [9.17, 15) is 14.0 Å². The third kappa shape index (κ3) is 5.32. The largest absolute Gasteiger partial charge is 0.462 e. The molecule has 0 saturated heterocycles. The molecular weight excluding hydrogens is 445 g/mol. The maximum atomic E-state index is 13.9. The number of aryl methyl sites for hydroxylation is 1. The highest BCUT2D eigenvalue weighted by molar-refractivity contribution is 7.18. The number of aromatic nitrogens is 2. The second-order valence-electron chi connectivity index (χ2n) is 6.93. The summed E-state index contributed by atoms with van der Waals surface area (Å²) in [5.74, 6) is -0.595. The van der Waals surface area contributed by atoms with E-state index in [2.05, 4.69) is 15.3 Å². The molecule has 0 radical (unpaired) electrons. The molecule has 0 atom stereocenters. The number of carbonyl (C=O) groups excluding carboxylic acids is 2. The molecule has 2 aromatic heterocycles. The molecule has 0 unspecified atom stereocenters. The number of oxazole rings is 1. The number of rotatable bonds is 8. The van der Waals surface area contributed by atoms with Crippen LogP contribution in [0.4, 0.5) is 9.52 Å². The van der Waals surface area contributed by atoms with Crippen LogP contribution < -0.4 is 5.32 Å². The average Bonchev–Trinajstić information content (AvgIpc) is 3.46. The fourth-order valence-corrected chi connectivity index (χ4v) is 4.01. The number of anilines is 1. The zero-order chi connectivity index (χ0) is 23.2. The van der Waals surface area contributed by atoms with Gasteiger partial charge in [0, 0.05) is 18.4 Å². The fourth-order valence-electron chi connectivity index (χ4n) is 3.11. The van der Waals surface area contributed by atoms with Gasteiger partial charge >= 0.3 is 5.97 Å². The lowest BCUT2D eigenvalue weighted by Crippen LogP contribution is -2.12. The molecular formula is C24H20FN3O4S. The Hall–Kier alpha value is -3.85. The number of thiazole rings is 1. The van der Waals surface area contributed by atoms with Crippen LogP contribution in [0, 0.1) is 5.82 Å². The molecule has 0 spiro atoms. The molecule has 2 aromatic carbocycles. The number of hydrogen-bond donors (Lipinski definition) is 1. The SMILES string of the molecule is CCOC(=O)c1sc(NC(=O)CCc2ncc(-c3ccccc3F)o2)nc1-c1ccccc1. The molecule has 9 heteroatoms. The second-order valence-corrected chi connectivity index (χ2v) is 7.93. The van der Waals surface area contributed by atoms with E-state index in [1.807, 2.05) is 30.3 Å². The van der Waals surface area contributed by atoms with Crippen LogP contribution in [0.1, 0.15) is 28.9 Å². The third-order valence-corrected chi connectivity index (χ3v) is 5.59. The summed E-state index contributed by atoms with van der Waals surface area (Å²) >= 11 is 1.06. The number of hydrogen-bond acceptors (Lipinski definition) is 7. The molecule has 0 aliphatic rings. The summed E-state index contributed by atoms with van der Waals surface area (Å²) < 4.78 is 24.6. The zero-order valence-electron chi connectivity index (χ0n) is 17.7. The van der Waals surface area contributed by atoms with Crippen LogP contribution in [-0.2, 0) is 16.0 Å². The van der Waals surface area contributed by atoms with Gasteiger partial charge < -0.3 is 14.5 Å². The van der Waals surface area contributed by atoms with Gasteiger partial charge in [-0.2, -0.15) is 0 Å². The van der Waals surface area contributed by atoms with E-state index in [1.165, 1.54) is 12.3 Å². The normalized spacial score (nSPS) is 10.7. The predicted molar refractivity (Wildman–Crippen MR) is 122 cm³/mol. The van der Waals surface area contributed by atoms with Crippen LogP contribution >= 0.6 is 11.3 Å². The summed E-state index contributed by atoms with van der Waals surface area (Å²) in [6, 6.07) is 15.4. The molecule has 168 valence electrons. The smallest absolute Gasteiger partial charge is 0.350 e. The molecule has 0 fully saturated rings. The van der Waals surface area contributed by atoms with Gasteiger partial charge in [-0.15, -0.1) is 0 Å². The monoisotopic (exact) mass is 465 g/mol. The summed E-state index contributed by atoms with van der Waals surface area (Å²) in [5, 5.41) is 3.01. The third-order valence-electron chi connectivity index (χ3n) is 4.64. The van der Waals surface area contributed by atoms with Crippen LogP contribution in [0.5, 0.6) is 0 Å². The lowest BCUT2D eigenvalue weighted by atomic mass is 10.1. The van der Waals surface area contributed by atoms with E-state index in [4.69, 9.17) is 9.15 Å². The molecule has 0 aliphatic heterocycles. The second kappa shape index (κ2) is 10.2. The van der Waals surface area contributed by atoms with E-state index in [1.54, 1.807) is 25.1 Å². The van der Waals surface area contributed by atoms with Gasteiger partial charge in [0.05, 0.1) is 24.1 Å². The molecule has 1 amide bonds. The van der Waals surface area contributed by atoms with Crippen molar-refractivity contribution >= 4 is 28.3 Å². The van der Waals surface area contributed by atoms with Crippen LogP contribution in [0.15, 0.2) is 65.2 Å². The molecule has 4 rings (SSSR count). The minimum absolute atomic E-state index is 0.0756. The summed E-state index contributed by atoms with van der Waals surface area (Å²) in [6.45, 7) is 1.96. The van der Waals surface area contributed by atoms with Gasteiger partial charge in [0.25, 0.3) is 0 Å². The van der Waals surface area contributed by atoms with Gasteiger partial charge in [-0.1, -0.05) is 53.8 Å². The van der Waals surface area contributed by atoms with E-state index in [-0.39, 0.29) is 25.4 Å². The number of benzene rings is 2. The highest BCUT2D eigenvalue weighted by Gasteiger charge is 2.21. The molecule has 33 heavy (non-hydrogen) atoms. The summed E-state index contributed by atoms with van der Waals surface area (Å²) in [7, 11) is 0. The van der Waals surface area contributed by atoms with Crippen molar-refractivity contribution in [2.75, 3.05) is 11.9 Å². The van der Waals surface area contributed by atoms with Gasteiger partial charge in [0.2, 0.25) is 5.91 Å². The van der Waals surface area contributed by atoms with Crippen molar-refractivity contribution in [2.45, 2.75) is 19.8 Å². The first-order valence-electron chi connectivity index (χ1n) is 10.3. The van der Waals surface area contributed by atoms with Crippen LogP contribution in [0.2, 0.25) is 0 Å².